The molecule has 0 aliphatic carbocycles. The summed E-state index contributed by atoms with van der Waals surface area (Å²) in [5, 5.41) is 9.59. The molecule has 15 heavy (non-hydrogen) atoms. The third kappa shape index (κ3) is 2.13. The third-order valence-corrected chi connectivity index (χ3v) is 2.27. The molecule has 0 atom stereocenters. The molecule has 3 heteroatoms. The summed E-state index contributed by atoms with van der Waals surface area (Å²) in [6.07, 6.45) is 3.97. The summed E-state index contributed by atoms with van der Waals surface area (Å²) in [5.41, 5.74) is 1.05. The summed E-state index contributed by atoms with van der Waals surface area (Å²) in [4.78, 5) is 0. The number of aromatic nitrogens is 1. The number of phenols is 1. The maximum atomic E-state index is 9.59. The Balaban J connectivity index is 2.20. The summed E-state index contributed by atoms with van der Waals surface area (Å²) in [7, 11) is 1.54. The minimum absolute atomic E-state index is 0.183. The van der Waals surface area contributed by atoms with Gasteiger partial charge in [-0.25, -0.2) is 0 Å². The van der Waals surface area contributed by atoms with Gasteiger partial charge in [0, 0.05) is 18.9 Å². The molecule has 0 aliphatic heterocycles. The molecule has 3 nitrogen and oxygen atoms in total. The number of hydrogen-bond acceptors (Lipinski definition) is 2. The minimum atomic E-state index is 0.183. The number of benzene rings is 1. The summed E-state index contributed by atoms with van der Waals surface area (Å²) < 4.78 is 7.02. The van der Waals surface area contributed by atoms with Crippen molar-refractivity contribution in [2.45, 2.75) is 6.54 Å². The molecule has 0 saturated heterocycles. The maximum Gasteiger partial charge on any atom is 0.160 e. The molecule has 0 bridgehead atoms. The average molecular weight is 203 g/mol. The fraction of sp³-hybridized carbons (Fsp3) is 0.167. The first-order chi connectivity index (χ1) is 7.29. The van der Waals surface area contributed by atoms with Gasteiger partial charge < -0.3 is 14.4 Å². The van der Waals surface area contributed by atoms with Crippen LogP contribution in [0, 0.1) is 0 Å². The standard InChI is InChI=1S/C12H13NO2/c1-15-12-5-4-10(8-11(12)14)9-13-6-2-3-7-13/h2-8,14H,9H2,1H3. The Labute approximate surface area is 88.5 Å². The third-order valence-electron chi connectivity index (χ3n) is 2.27. The minimum Gasteiger partial charge on any atom is -0.504 e. The predicted octanol–water partition coefficient (Wildman–Crippen LogP) is 2.25. The van der Waals surface area contributed by atoms with Crippen molar-refractivity contribution in [2.75, 3.05) is 7.11 Å². The largest absolute Gasteiger partial charge is 0.504 e. The first-order valence-corrected chi connectivity index (χ1v) is 4.76. The van der Waals surface area contributed by atoms with E-state index in [0.717, 1.165) is 12.1 Å². The Hall–Kier alpha value is -1.90. The van der Waals surface area contributed by atoms with Crippen molar-refractivity contribution in [3.63, 3.8) is 0 Å². The van der Waals surface area contributed by atoms with Gasteiger partial charge in [-0.3, -0.25) is 0 Å². The highest BCUT2D eigenvalue weighted by atomic mass is 16.5. The van der Waals surface area contributed by atoms with Gasteiger partial charge in [-0.2, -0.15) is 0 Å². The highest BCUT2D eigenvalue weighted by Gasteiger charge is 2.02. The van der Waals surface area contributed by atoms with Crippen LogP contribution < -0.4 is 4.74 Å². The fourth-order valence-electron chi connectivity index (χ4n) is 1.52. The maximum absolute atomic E-state index is 9.59. The zero-order chi connectivity index (χ0) is 10.7. The lowest BCUT2D eigenvalue weighted by Gasteiger charge is -2.07. The number of rotatable bonds is 3. The Morgan fingerprint density at radius 1 is 1.27 bits per heavy atom. The average Bonchev–Trinajstić information content (AvgIpc) is 2.71. The van der Waals surface area contributed by atoms with Crippen molar-refractivity contribution in [1.29, 1.82) is 0 Å². The smallest absolute Gasteiger partial charge is 0.160 e. The molecule has 1 heterocycles. The van der Waals surface area contributed by atoms with E-state index in [1.165, 1.54) is 0 Å². The molecule has 78 valence electrons. The zero-order valence-electron chi connectivity index (χ0n) is 8.55. The molecule has 0 aliphatic rings. The number of aromatic hydroxyl groups is 1. The van der Waals surface area contributed by atoms with Crippen LogP contribution in [0.5, 0.6) is 11.5 Å². The lowest BCUT2D eigenvalue weighted by atomic mass is 10.2. The second-order valence-corrected chi connectivity index (χ2v) is 3.36. The molecule has 1 aromatic heterocycles. The molecule has 0 unspecified atom stereocenters. The molecule has 0 saturated carbocycles. The van der Waals surface area contributed by atoms with Gasteiger partial charge in [0.1, 0.15) is 0 Å². The predicted molar refractivity (Wildman–Crippen MR) is 58.2 cm³/mol. The van der Waals surface area contributed by atoms with E-state index >= 15 is 0 Å². The molecular weight excluding hydrogens is 190 g/mol. The van der Waals surface area contributed by atoms with Crippen LogP contribution in [0.3, 0.4) is 0 Å². The van der Waals surface area contributed by atoms with Crippen LogP contribution in [-0.4, -0.2) is 16.8 Å². The number of ether oxygens (including phenoxy) is 1. The van der Waals surface area contributed by atoms with Gasteiger partial charge >= 0.3 is 0 Å². The normalized spacial score (nSPS) is 10.2. The van der Waals surface area contributed by atoms with Crippen LogP contribution in [0.4, 0.5) is 0 Å². The topological polar surface area (TPSA) is 34.4 Å². The molecule has 0 spiro atoms. The molecule has 1 aromatic carbocycles. The lowest BCUT2D eigenvalue weighted by Crippen LogP contribution is -1.96. The first kappa shape index (κ1) is 9.65. The summed E-state index contributed by atoms with van der Waals surface area (Å²) >= 11 is 0. The fourth-order valence-corrected chi connectivity index (χ4v) is 1.52. The second-order valence-electron chi connectivity index (χ2n) is 3.36. The van der Waals surface area contributed by atoms with E-state index in [0.29, 0.717) is 5.75 Å². The van der Waals surface area contributed by atoms with Crippen LogP contribution >= 0.6 is 0 Å². The SMILES string of the molecule is COc1ccc(Cn2cccc2)cc1O. The van der Waals surface area contributed by atoms with Crippen LogP contribution in [0.1, 0.15) is 5.56 Å². The van der Waals surface area contributed by atoms with E-state index in [4.69, 9.17) is 4.74 Å². The number of hydrogen-bond donors (Lipinski definition) is 1. The Kier molecular flexibility index (Phi) is 2.63. The van der Waals surface area contributed by atoms with Crippen molar-refractivity contribution in [3.05, 3.63) is 48.3 Å². The Morgan fingerprint density at radius 3 is 2.60 bits per heavy atom. The van der Waals surface area contributed by atoms with Crippen LogP contribution in [0.25, 0.3) is 0 Å². The quantitative estimate of drug-likeness (QED) is 0.830. The molecule has 0 radical (unpaired) electrons. The van der Waals surface area contributed by atoms with Crippen molar-refractivity contribution < 1.29 is 9.84 Å². The highest BCUT2D eigenvalue weighted by molar-refractivity contribution is 5.41. The van der Waals surface area contributed by atoms with Crippen molar-refractivity contribution in [1.82, 2.24) is 4.57 Å². The van der Waals surface area contributed by atoms with Crippen LogP contribution in [0.15, 0.2) is 42.7 Å². The van der Waals surface area contributed by atoms with Gasteiger partial charge in [0.2, 0.25) is 0 Å². The van der Waals surface area contributed by atoms with Crippen molar-refractivity contribution >= 4 is 0 Å². The van der Waals surface area contributed by atoms with Crippen LogP contribution in [-0.2, 0) is 6.54 Å². The molecule has 0 amide bonds. The Morgan fingerprint density at radius 2 is 2.00 bits per heavy atom. The second kappa shape index (κ2) is 4.09. The van der Waals surface area contributed by atoms with Crippen LogP contribution in [0.2, 0.25) is 0 Å². The summed E-state index contributed by atoms with van der Waals surface area (Å²) in [6, 6.07) is 9.39. The zero-order valence-corrected chi connectivity index (χ0v) is 8.55. The molecule has 2 aromatic rings. The van der Waals surface area contributed by atoms with Gasteiger partial charge in [-0.1, -0.05) is 6.07 Å². The summed E-state index contributed by atoms with van der Waals surface area (Å²) in [5.74, 6) is 0.688. The van der Waals surface area contributed by atoms with Crippen molar-refractivity contribution in [2.24, 2.45) is 0 Å². The van der Waals surface area contributed by atoms with Gasteiger partial charge in [-0.15, -0.1) is 0 Å². The van der Waals surface area contributed by atoms with Gasteiger partial charge in [0.05, 0.1) is 7.11 Å². The first-order valence-electron chi connectivity index (χ1n) is 4.76. The molecule has 1 N–H and O–H groups in total. The molecule has 0 fully saturated rings. The monoisotopic (exact) mass is 203 g/mol. The summed E-state index contributed by atoms with van der Waals surface area (Å²) in [6.45, 7) is 0.755. The molecular formula is C12H13NO2. The Bertz CT molecular complexity index is 435. The number of phenolic OH excluding ortho intramolecular Hbond substituents is 1. The highest BCUT2D eigenvalue weighted by Crippen LogP contribution is 2.26. The van der Waals surface area contributed by atoms with Gasteiger partial charge in [0.15, 0.2) is 11.5 Å². The van der Waals surface area contributed by atoms with Gasteiger partial charge in [0.25, 0.3) is 0 Å². The van der Waals surface area contributed by atoms with Crippen molar-refractivity contribution in [3.8, 4) is 11.5 Å². The lowest BCUT2D eigenvalue weighted by molar-refractivity contribution is 0.373. The number of methoxy groups -OCH3 is 1. The van der Waals surface area contributed by atoms with E-state index < -0.39 is 0 Å². The van der Waals surface area contributed by atoms with Gasteiger partial charge in [-0.05, 0) is 29.8 Å². The van der Waals surface area contributed by atoms with E-state index in [1.807, 2.05) is 35.2 Å². The van der Waals surface area contributed by atoms with E-state index in [-0.39, 0.29) is 5.75 Å². The van der Waals surface area contributed by atoms with E-state index in [1.54, 1.807) is 19.2 Å². The van der Waals surface area contributed by atoms with E-state index in [9.17, 15) is 5.11 Å². The molecule has 2 rings (SSSR count). The number of nitrogens with zero attached hydrogens (tertiary/aromatic N) is 1. The van der Waals surface area contributed by atoms with E-state index in [2.05, 4.69) is 0 Å².